The summed E-state index contributed by atoms with van der Waals surface area (Å²) in [6.07, 6.45) is 3.12. The number of hydrogen-bond donors (Lipinski definition) is 1. The Hall–Kier alpha value is -1.76. The van der Waals surface area contributed by atoms with Crippen LogP contribution in [0.1, 0.15) is 19.3 Å². The van der Waals surface area contributed by atoms with Crippen LogP contribution < -0.4 is 0 Å². The number of rotatable bonds is 2. The third kappa shape index (κ3) is 2.70. The Morgan fingerprint density at radius 3 is 2.67 bits per heavy atom. The number of nitrogens with one attached hydrogen (secondary N) is 1. The zero-order valence-electron chi connectivity index (χ0n) is 11.4. The Morgan fingerprint density at radius 2 is 1.95 bits per heavy atom. The van der Waals surface area contributed by atoms with E-state index >= 15 is 0 Å². The molecule has 2 heterocycles. The lowest BCUT2D eigenvalue weighted by Crippen LogP contribution is -2.37. The van der Waals surface area contributed by atoms with E-state index in [1.807, 2.05) is 0 Å². The normalized spacial score (nSPS) is 15.6. The first-order chi connectivity index (χ1) is 10.1. The minimum absolute atomic E-state index is 0.00171. The Labute approximate surface area is 125 Å². The fourth-order valence-corrected chi connectivity index (χ4v) is 2.98. The van der Waals surface area contributed by atoms with Crippen LogP contribution in [0.2, 0.25) is 0 Å². The van der Waals surface area contributed by atoms with E-state index in [1.54, 1.807) is 4.90 Å². The molecule has 3 rings (SSSR count). The number of fused-ring (bicyclic) bond motifs is 1. The molecule has 1 fully saturated rings. The van der Waals surface area contributed by atoms with Crippen LogP contribution in [0.4, 0.5) is 8.78 Å². The number of benzene rings is 1. The summed E-state index contributed by atoms with van der Waals surface area (Å²) in [5.74, 6) is -1.47. The molecule has 112 valence electrons. The standard InChI is InChI=1S/C14H15F2N3OS/c15-9-6-10(16)13-11(7-9)19(14(21)17-13)8-12(20)18-4-2-1-3-5-18/h6-7H,1-5,8H2,(H,17,21). The zero-order valence-corrected chi connectivity index (χ0v) is 12.2. The number of piperidine rings is 1. The highest BCUT2D eigenvalue weighted by molar-refractivity contribution is 7.71. The van der Waals surface area contributed by atoms with Gasteiger partial charge in [0, 0.05) is 19.2 Å². The molecular formula is C14H15F2N3OS. The zero-order chi connectivity index (χ0) is 15.0. The first-order valence-electron chi connectivity index (χ1n) is 6.91. The van der Waals surface area contributed by atoms with Crippen molar-refractivity contribution in [3.05, 3.63) is 28.5 Å². The summed E-state index contributed by atoms with van der Waals surface area (Å²) < 4.78 is 28.8. The van der Waals surface area contributed by atoms with Gasteiger partial charge in [-0.3, -0.25) is 4.79 Å². The summed E-state index contributed by atoms with van der Waals surface area (Å²) in [6, 6.07) is 1.98. The quantitative estimate of drug-likeness (QED) is 0.866. The highest BCUT2D eigenvalue weighted by Crippen LogP contribution is 2.20. The second-order valence-corrected chi connectivity index (χ2v) is 5.63. The van der Waals surface area contributed by atoms with Crippen molar-refractivity contribution < 1.29 is 13.6 Å². The van der Waals surface area contributed by atoms with Crippen LogP contribution in [0.25, 0.3) is 11.0 Å². The number of hydrogen-bond acceptors (Lipinski definition) is 2. The number of aromatic amines is 1. The number of amides is 1. The summed E-state index contributed by atoms with van der Waals surface area (Å²) in [5.41, 5.74) is 0.413. The average Bonchev–Trinajstić information content (AvgIpc) is 2.77. The maximum Gasteiger partial charge on any atom is 0.242 e. The lowest BCUT2D eigenvalue weighted by Gasteiger charge is -2.26. The van der Waals surface area contributed by atoms with Crippen LogP contribution in [0, 0.1) is 16.4 Å². The fourth-order valence-electron chi connectivity index (χ4n) is 2.72. The molecule has 1 N–H and O–H groups in total. The predicted octanol–water partition coefficient (Wildman–Crippen LogP) is 2.99. The van der Waals surface area contributed by atoms with Gasteiger partial charge in [-0.05, 0) is 37.5 Å². The van der Waals surface area contributed by atoms with Crippen molar-refractivity contribution in [3.63, 3.8) is 0 Å². The van der Waals surface area contributed by atoms with Gasteiger partial charge >= 0.3 is 0 Å². The molecule has 0 spiro atoms. The minimum Gasteiger partial charge on any atom is -0.341 e. The molecule has 0 aliphatic carbocycles. The lowest BCUT2D eigenvalue weighted by atomic mass is 10.1. The molecule has 1 saturated heterocycles. The van der Waals surface area contributed by atoms with Gasteiger partial charge in [-0.25, -0.2) is 8.78 Å². The number of likely N-dealkylation sites (tertiary alicyclic amines) is 1. The number of imidazole rings is 1. The van der Waals surface area contributed by atoms with Crippen molar-refractivity contribution in [2.75, 3.05) is 13.1 Å². The van der Waals surface area contributed by atoms with Gasteiger partial charge < -0.3 is 14.5 Å². The van der Waals surface area contributed by atoms with Gasteiger partial charge in [0.2, 0.25) is 5.91 Å². The van der Waals surface area contributed by atoms with E-state index < -0.39 is 11.6 Å². The van der Waals surface area contributed by atoms with E-state index in [0.717, 1.165) is 38.4 Å². The van der Waals surface area contributed by atoms with E-state index in [0.29, 0.717) is 0 Å². The van der Waals surface area contributed by atoms with E-state index in [1.165, 1.54) is 10.6 Å². The molecule has 21 heavy (non-hydrogen) atoms. The smallest absolute Gasteiger partial charge is 0.242 e. The third-order valence-electron chi connectivity index (χ3n) is 3.80. The van der Waals surface area contributed by atoms with Crippen molar-refractivity contribution >= 4 is 29.2 Å². The van der Waals surface area contributed by atoms with Gasteiger partial charge in [0.1, 0.15) is 17.9 Å². The van der Waals surface area contributed by atoms with E-state index in [4.69, 9.17) is 12.2 Å². The Morgan fingerprint density at radius 1 is 1.24 bits per heavy atom. The lowest BCUT2D eigenvalue weighted by molar-refractivity contribution is -0.132. The Kier molecular flexibility index (Phi) is 3.75. The van der Waals surface area contributed by atoms with Crippen LogP contribution in [0.15, 0.2) is 12.1 Å². The molecule has 1 aliphatic heterocycles. The summed E-state index contributed by atoms with van der Waals surface area (Å²) in [4.78, 5) is 16.8. The maximum atomic E-state index is 13.7. The van der Waals surface area contributed by atoms with Gasteiger partial charge in [-0.1, -0.05) is 0 Å². The molecule has 1 aliphatic rings. The molecule has 4 nitrogen and oxygen atoms in total. The summed E-state index contributed by atoms with van der Waals surface area (Å²) >= 11 is 5.12. The predicted molar refractivity (Wildman–Crippen MR) is 77.5 cm³/mol. The van der Waals surface area contributed by atoms with Crippen molar-refractivity contribution in [1.82, 2.24) is 14.5 Å². The monoisotopic (exact) mass is 311 g/mol. The highest BCUT2D eigenvalue weighted by Gasteiger charge is 2.19. The number of carbonyl (C=O) groups excluding carboxylic acids is 1. The molecule has 1 amide bonds. The average molecular weight is 311 g/mol. The van der Waals surface area contributed by atoms with E-state index in [2.05, 4.69) is 4.98 Å². The molecule has 0 saturated carbocycles. The SMILES string of the molecule is O=C(Cn1c(=S)[nH]c2c(F)cc(F)cc21)N1CCCCC1. The first kappa shape index (κ1) is 14.2. The largest absolute Gasteiger partial charge is 0.341 e. The molecule has 0 bridgehead atoms. The Balaban J connectivity index is 1.95. The molecule has 2 aromatic rings. The number of H-pyrrole nitrogens is 1. The second-order valence-electron chi connectivity index (χ2n) is 5.24. The summed E-state index contributed by atoms with van der Waals surface area (Å²) in [6.45, 7) is 1.47. The van der Waals surface area contributed by atoms with Gasteiger partial charge in [0.05, 0.1) is 5.52 Å². The van der Waals surface area contributed by atoms with Crippen LogP contribution in [0.3, 0.4) is 0 Å². The van der Waals surface area contributed by atoms with Gasteiger partial charge in [-0.15, -0.1) is 0 Å². The minimum atomic E-state index is -0.708. The van der Waals surface area contributed by atoms with Crippen LogP contribution >= 0.6 is 12.2 Å². The molecule has 1 aromatic heterocycles. The van der Waals surface area contributed by atoms with Gasteiger partial charge in [-0.2, -0.15) is 0 Å². The molecule has 0 atom stereocenters. The fraction of sp³-hybridized carbons (Fsp3) is 0.429. The van der Waals surface area contributed by atoms with Crippen molar-refractivity contribution in [1.29, 1.82) is 0 Å². The number of aromatic nitrogens is 2. The molecule has 1 aromatic carbocycles. The maximum absolute atomic E-state index is 13.7. The van der Waals surface area contributed by atoms with Crippen LogP contribution in [-0.2, 0) is 11.3 Å². The van der Waals surface area contributed by atoms with E-state index in [-0.39, 0.29) is 28.3 Å². The van der Waals surface area contributed by atoms with Gasteiger partial charge in [0.15, 0.2) is 10.6 Å². The van der Waals surface area contributed by atoms with Crippen LogP contribution in [0.5, 0.6) is 0 Å². The topological polar surface area (TPSA) is 41.0 Å². The number of carbonyl (C=O) groups is 1. The molecule has 0 unspecified atom stereocenters. The summed E-state index contributed by atoms with van der Waals surface area (Å²) in [5, 5.41) is 0. The summed E-state index contributed by atoms with van der Waals surface area (Å²) in [7, 11) is 0. The highest BCUT2D eigenvalue weighted by atomic mass is 32.1. The van der Waals surface area contributed by atoms with Crippen molar-refractivity contribution in [2.45, 2.75) is 25.8 Å². The van der Waals surface area contributed by atoms with Crippen molar-refractivity contribution in [2.24, 2.45) is 0 Å². The van der Waals surface area contributed by atoms with Gasteiger partial charge in [0.25, 0.3) is 0 Å². The van der Waals surface area contributed by atoms with E-state index in [9.17, 15) is 13.6 Å². The van der Waals surface area contributed by atoms with Crippen LogP contribution in [-0.4, -0.2) is 33.4 Å². The molecular weight excluding hydrogens is 296 g/mol. The molecule has 7 heteroatoms. The Bertz CT molecular complexity index is 746. The first-order valence-corrected chi connectivity index (χ1v) is 7.32. The number of halogens is 2. The van der Waals surface area contributed by atoms with Crippen molar-refractivity contribution in [3.8, 4) is 0 Å². The molecule has 0 radical (unpaired) electrons. The number of nitrogens with zero attached hydrogens (tertiary/aromatic N) is 2. The third-order valence-corrected chi connectivity index (χ3v) is 4.13. The second kappa shape index (κ2) is 5.55.